The van der Waals surface area contributed by atoms with E-state index in [1.165, 1.54) is 5.01 Å². The molecule has 0 aromatic carbocycles. The van der Waals surface area contributed by atoms with Crippen LogP contribution in [0.1, 0.15) is 37.4 Å². The first-order valence-electron chi connectivity index (χ1n) is 7.00. The lowest BCUT2D eigenvalue weighted by Crippen LogP contribution is -2.49. The number of nitrogens with zero attached hydrogens (tertiary/aromatic N) is 1. The van der Waals surface area contributed by atoms with Crippen molar-refractivity contribution in [3.63, 3.8) is 0 Å². The van der Waals surface area contributed by atoms with Gasteiger partial charge in [0.15, 0.2) is 0 Å². The summed E-state index contributed by atoms with van der Waals surface area (Å²) < 4.78 is 0. The third kappa shape index (κ3) is 5.74. The van der Waals surface area contributed by atoms with Crippen molar-refractivity contribution in [2.24, 2.45) is 11.8 Å². The van der Waals surface area contributed by atoms with Gasteiger partial charge in [0.1, 0.15) is 0 Å². The number of thiazole rings is 1. The molecule has 1 aromatic heterocycles. The first-order valence-corrected chi connectivity index (χ1v) is 7.88. The lowest BCUT2D eigenvalue weighted by molar-refractivity contribution is -0.126. The molecule has 1 amide bonds. The van der Waals surface area contributed by atoms with Crippen molar-refractivity contribution in [3.8, 4) is 0 Å². The monoisotopic (exact) mass is 353 g/mol. The van der Waals surface area contributed by atoms with Crippen LogP contribution in [0.25, 0.3) is 0 Å². The lowest BCUT2D eigenvalue weighted by Gasteiger charge is -2.31. The number of nitrogens with one attached hydrogen (secondary N) is 2. The molecular formula is C14H25Cl2N3OS. The molecule has 1 unspecified atom stereocenters. The normalized spacial score (nSPS) is 15.6. The second kappa shape index (κ2) is 9.62. The molecule has 0 saturated carbocycles. The van der Waals surface area contributed by atoms with Crippen LogP contribution in [0.4, 0.5) is 0 Å². The minimum absolute atomic E-state index is 0. The highest BCUT2D eigenvalue weighted by atomic mass is 35.5. The van der Waals surface area contributed by atoms with Gasteiger partial charge in [-0.15, -0.1) is 36.2 Å². The van der Waals surface area contributed by atoms with E-state index in [-0.39, 0.29) is 36.6 Å². The molecule has 0 radical (unpaired) electrons. The molecule has 0 aliphatic carbocycles. The van der Waals surface area contributed by atoms with E-state index in [0.29, 0.717) is 18.4 Å². The third-order valence-electron chi connectivity index (χ3n) is 3.68. The summed E-state index contributed by atoms with van der Waals surface area (Å²) in [7, 11) is 0. The van der Waals surface area contributed by atoms with E-state index in [2.05, 4.69) is 34.8 Å². The summed E-state index contributed by atoms with van der Waals surface area (Å²) in [6.07, 6.45) is 0.824. The van der Waals surface area contributed by atoms with Crippen LogP contribution < -0.4 is 10.6 Å². The summed E-state index contributed by atoms with van der Waals surface area (Å²) >= 11 is 1.71. The Bertz CT molecular complexity index is 436. The maximum atomic E-state index is 11.9. The van der Waals surface area contributed by atoms with Crippen molar-refractivity contribution < 1.29 is 4.79 Å². The lowest BCUT2D eigenvalue weighted by atomic mass is 9.88. The molecule has 0 bridgehead atoms. The second-order valence-electron chi connectivity index (χ2n) is 5.58. The number of hydrogen-bond acceptors (Lipinski definition) is 4. The van der Waals surface area contributed by atoms with E-state index in [1.807, 2.05) is 6.92 Å². The average molecular weight is 354 g/mol. The zero-order valence-corrected chi connectivity index (χ0v) is 15.2. The number of rotatable bonds is 6. The Kier molecular flexibility index (Phi) is 9.45. The number of amides is 1. The zero-order valence-electron chi connectivity index (χ0n) is 12.7. The molecule has 0 spiro atoms. The highest BCUT2D eigenvalue weighted by Crippen LogP contribution is 2.19. The molecule has 1 aromatic rings. The Labute approximate surface area is 143 Å². The Balaban J connectivity index is 0.00000200. The fourth-order valence-electron chi connectivity index (χ4n) is 2.06. The van der Waals surface area contributed by atoms with Gasteiger partial charge in [-0.1, -0.05) is 20.8 Å². The van der Waals surface area contributed by atoms with Crippen molar-refractivity contribution in [1.29, 1.82) is 0 Å². The Morgan fingerprint density at radius 1 is 1.43 bits per heavy atom. The second-order valence-corrected chi connectivity index (χ2v) is 6.47. The van der Waals surface area contributed by atoms with Crippen molar-refractivity contribution in [3.05, 3.63) is 16.1 Å². The number of aromatic nitrogens is 1. The molecule has 1 atom stereocenters. The van der Waals surface area contributed by atoms with Crippen LogP contribution in [-0.4, -0.2) is 30.5 Å². The van der Waals surface area contributed by atoms with Crippen LogP contribution in [0.2, 0.25) is 0 Å². The van der Waals surface area contributed by atoms with E-state index >= 15 is 0 Å². The first kappa shape index (κ1) is 20.6. The maximum Gasteiger partial charge on any atom is 0.223 e. The highest BCUT2D eigenvalue weighted by Gasteiger charge is 2.28. The molecular weight excluding hydrogens is 329 g/mol. The van der Waals surface area contributed by atoms with Gasteiger partial charge in [0.25, 0.3) is 0 Å². The summed E-state index contributed by atoms with van der Waals surface area (Å²) in [6, 6.07) is 0. The highest BCUT2D eigenvalue weighted by molar-refractivity contribution is 7.09. The minimum Gasteiger partial charge on any atom is -0.355 e. The zero-order chi connectivity index (χ0) is 13.8. The maximum absolute atomic E-state index is 11.9. The topological polar surface area (TPSA) is 54.0 Å². The molecule has 1 fully saturated rings. The molecule has 2 rings (SSSR count). The first-order chi connectivity index (χ1) is 9.08. The van der Waals surface area contributed by atoms with Crippen LogP contribution in [0, 0.1) is 11.8 Å². The van der Waals surface area contributed by atoms with Crippen molar-refractivity contribution in [2.45, 2.75) is 33.1 Å². The molecule has 2 N–H and O–H groups in total. The van der Waals surface area contributed by atoms with E-state index in [4.69, 9.17) is 0 Å². The van der Waals surface area contributed by atoms with Crippen LogP contribution in [0.5, 0.6) is 0 Å². The predicted molar refractivity (Wildman–Crippen MR) is 92.9 cm³/mol. The van der Waals surface area contributed by atoms with Crippen LogP contribution in [-0.2, 0) is 11.2 Å². The minimum atomic E-state index is 0. The van der Waals surface area contributed by atoms with Gasteiger partial charge in [-0.25, -0.2) is 4.98 Å². The van der Waals surface area contributed by atoms with Crippen molar-refractivity contribution in [1.82, 2.24) is 15.6 Å². The Hall–Kier alpha value is -0.360. The molecule has 7 heteroatoms. The van der Waals surface area contributed by atoms with E-state index in [9.17, 15) is 4.79 Å². The largest absolute Gasteiger partial charge is 0.355 e. The van der Waals surface area contributed by atoms with Gasteiger partial charge >= 0.3 is 0 Å². The Morgan fingerprint density at radius 2 is 2.10 bits per heavy atom. The molecule has 122 valence electrons. The van der Waals surface area contributed by atoms with E-state index < -0.39 is 0 Å². The molecule has 21 heavy (non-hydrogen) atoms. The number of hydrogen-bond donors (Lipinski definition) is 2. The van der Waals surface area contributed by atoms with Gasteiger partial charge in [-0.05, 0) is 19.0 Å². The smallest absolute Gasteiger partial charge is 0.223 e. The van der Waals surface area contributed by atoms with Gasteiger partial charge in [-0.3, -0.25) is 4.79 Å². The quantitative estimate of drug-likeness (QED) is 0.826. The van der Waals surface area contributed by atoms with Crippen molar-refractivity contribution in [2.75, 3.05) is 19.6 Å². The summed E-state index contributed by atoms with van der Waals surface area (Å²) in [4.78, 5) is 16.5. The van der Waals surface area contributed by atoms with Crippen LogP contribution >= 0.6 is 36.2 Å². The molecule has 2 heterocycles. The standard InChI is InChI=1S/C14H23N3OS.2ClH/c1-9(2)14-17-12(8-19-14)4-5-16-13(18)10(3)11-6-15-7-11;;/h8-11,15H,4-7H2,1-3H3,(H,16,18);2*1H. The summed E-state index contributed by atoms with van der Waals surface area (Å²) in [5, 5.41) is 9.49. The van der Waals surface area contributed by atoms with E-state index in [0.717, 1.165) is 25.2 Å². The predicted octanol–water partition coefficient (Wildman–Crippen LogP) is 2.62. The molecule has 1 aliphatic rings. The molecule has 1 aliphatic heterocycles. The molecule has 4 nitrogen and oxygen atoms in total. The van der Waals surface area contributed by atoms with Gasteiger partial charge in [0, 0.05) is 30.2 Å². The Morgan fingerprint density at radius 3 is 2.57 bits per heavy atom. The summed E-state index contributed by atoms with van der Waals surface area (Å²) in [6.45, 7) is 8.94. The third-order valence-corrected chi connectivity index (χ3v) is 4.87. The van der Waals surface area contributed by atoms with Crippen LogP contribution in [0.3, 0.4) is 0 Å². The van der Waals surface area contributed by atoms with Crippen LogP contribution in [0.15, 0.2) is 5.38 Å². The fraction of sp³-hybridized carbons (Fsp3) is 0.714. The summed E-state index contributed by atoms with van der Waals surface area (Å²) in [5.41, 5.74) is 1.09. The van der Waals surface area contributed by atoms with Gasteiger partial charge in [0.05, 0.1) is 10.7 Å². The number of carbonyl (C=O) groups excluding carboxylic acids is 1. The average Bonchev–Trinajstić information content (AvgIpc) is 2.75. The number of halogens is 2. The van der Waals surface area contributed by atoms with Gasteiger partial charge < -0.3 is 10.6 Å². The van der Waals surface area contributed by atoms with Gasteiger partial charge in [0.2, 0.25) is 5.91 Å². The van der Waals surface area contributed by atoms with E-state index in [1.54, 1.807) is 11.3 Å². The number of carbonyl (C=O) groups is 1. The fourth-order valence-corrected chi connectivity index (χ4v) is 2.93. The summed E-state index contributed by atoms with van der Waals surface area (Å²) in [5.74, 6) is 1.28. The van der Waals surface area contributed by atoms with Gasteiger partial charge in [-0.2, -0.15) is 0 Å². The van der Waals surface area contributed by atoms with Crippen molar-refractivity contribution >= 4 is 42.1 Å². The molecule has 1 saturated heterocycles. The SMILES string of the molecule is CC(C)c1nc(CCNC(=O)C(C)C2CNC2)cs1.Cl.Cl.